The summed E-state index contributed by atoms with van der Waals surface area (Å²) in [5.41, 5.74) is 8.76. The maximum Gasteiger partial charge on any atom is 0.227 e. The van der Waals surface area contributed by atoms with E-state index in [1.54, 1.807) is 7.11 Å². The minimum Gasteiger partial charge on any atom is -0.497 e. The summed E-state index contributed by atoms with van der Waals surface area (Å²) in [6.45, 7) is 0. The van der Waals surface area contributed by atoms with E-state index in [-0.39, 0.29) is 0 Å². The highest BCUT2D eigenvalue weighted by molar-refractivity contribution is 5.87. The third-order valence-corrected chi connectivity index (χ3v) is 2.79. The van der Waals surface area contributed by atoms with E-state index in [9.17, 15) is 0 Å². The first kappa shape index (κ1) is 10.7. The van der Waals surface area contributed by atoms with E-state index in [2.05, 4.69) is 4.98 Å². The van der Waals surface area contributed by atoms with Gasteiger partial charge in [0.1, 0.15) is 11.3 Å². The van der Waals surface area contributed by atoms with E-state index in [1.165, 1.54) is 0 Å². The molecule has 18 heavy (non-hydrogen) atoms. The third kappa shape index (κ3) is 1.68. The molecule has 3 aromatic rings. The minimum absolute atomic E-state index is 0.561. The van der Waals surface area contributed by atoms with Gasteiger partial charge in [0.15, 0.2) is 5.58 Å². The second kappa shape index (κ2) is 4.07. The number of nitrogens with two attached hydrogens (primary N) is 1. The number of oxazole rings is 1. The lowest BCUT2D eigenvalue weighted by Gasteiger charge is -1.99. The molecule has 0 saturated heterocycles. The van der Waals surface area contributed by atoms with Crippen LogP contribution in [0.5, 0.6) is 5.75 Å². The zero-order valence-corrected chi connectivity index (χ0v) is 9.88. The second-order valence-electron chi connectivity index (χ2n) is 3.94. The highest BCUT2D eigenvalue weighted by atomic mass is 16.5. The van der Waals surface area contributed by atoms with E-state index in [4.69, 9.17) is 14.9 Å². The van der Waals surface area contributed by atoms with Gasteiger partial charge in [0.25, 0.3) is 0 Å². The molecular formula is C14H12N2O2. The number of methoxy groups -OCH3 is 1. The van der Waals surface area contributed by atoms with Crippen LogP contribution in [0.25, 0.3) is 22.6 Å². The van der Waals surface area contributed by atoms with Crippen molar-refractivity contribution in [2.45, 2.75) is 0 Å². The van der Waals surface area contributed by atoms with E-state index < -0.39 is 0 Å². The summed E-state index contributed by atoms with van der Waals surface area (Å²) in [6, 6.07) is 13.1. The van der Waals surface area contributed by atoms with Crippen LogP contribution in [0.3, 0.4) is 0 Å². The summed E-state index contributed by atoms with van der Waals surface area (Å²) >= 11 is 0. The third-order valence-electron chi connectivity index (χ3n) is 2.79. The second-order valence-corrected chi connectivity index (χ2v) is 3.94. The summed E-state index contributed by atoms with van der Waals surface area (Å²) in [5, 5.41) is 0. The average Bonchev–Trinajstić information content (AvgIpc) is 2.84. The molecule has 90 valence electrons. The first-order chi connectivity index (χ1) is 8.78. The monoisotopic (exact) mass is 240 g/mol. The zero-order chi connectivity index (χ0) is 12.5. The average molecular weight is 240 g/mol. The molecule has 0 radical (unpaired) electrons. The molecule has 0 atom stereocenters. The number of para-hydroxylation sites is 1. The van der Waals surface area contributed by atoms with Gasteiger partial charge in [-0.25, -0.2) is 4.98 Å². The summed E-state index contributed by atoms with van der Waals surface area (Å²) in [5.74, 6) is 1.36. The van der Waals surface area contributed by atoms with E-state index in [0.717, 1.165) is 11.3 Å². The number of aromatic nitrogens is 1. The lowest BCUT2D eigenvalue weighted by molar-refractivity contribution is 0.415. The van der Waals surface area contributed by atoms with Gasteiger partial charge in [-0.2, -0.15) is 0 Å². The van der Waals surface area contributed by atoms with Crippen LogP contribution in [0.15, 0.2) is 46.9 Å². The molecule has 0 bridgehead atoms. The Labute approximate surface area is 104 Å². The van der Waals surface area contributed by atoms with Crippen molar-refractivity contribution in [3.05, 3.63) is 42.5 Å². The van der Waals surface area contributed by atoms with Crippen molar-refractivity contribution in [3.8, 4) is 17.2 Å². The van der Waals surface area contributed by atoms with Crippen LogP contribution < -0.4 is 10.5 Å². The van der Waals surface area contributed by atoms with Crippen LogP contribution in [0.4, 0.5) is 5.69 Å². The largest absolute Gasteiger partial charge is 0.497 e. The Morgan fingerprint density at radius 3 is 2.56 bits per heavy atom. The van der Waals surface area contributed by atoms with Gasteiger partial charge in [-0.1, -0.05) is 6.07 Å². The Morgan fingerprint density at radius 1 is 1.11 bits per heavy atom. The van der Waals surface area contributed by atoms with Crippen molar-refractivity contribution in [2.75, 3.05) is 12.8 Å². The van der Waals surface area contributed by atoms with Crippen LogP contribution >= 0.6 is 0 Å². The number of anilines is 1. The van der Waals surface area contributed by atoms with Crippen LogP contribution in [0.2, 0.25) is 0 Å². The Kier molecular flexibility index (Phi) is 2.41. The number of rotatable bonds is 2. The van der Waals surface area contributed by atoms with Crippen LogP contribution in [0, 0.1) is 0 Å². The molecule has 1 aromatic heterocycles. The topological polar surface area (TPSA) is 61.3 Å². The lowest BCUT2D eigenvalue weighted by Crippen LogP contribution is -1.85. The van der Waals surface area contributed by atoms with Crippen molar-refractivity contribution >= 4 is 16.8 Å². The number of benzene rings is 2. The van der Waals surface area contributed by atoms with Gasteiger partial charge in [-0.15, -0.1) is 0 Å². The molecule has 0 spiro atoms. The molecule has 0 aliphatic heterocycles. The fraction of sp³-hybridized carbons (Fsp3) is 0.0714. The molecule has 2 aromatic carbocycles. The Bertz CT molecular complexity index is 687. The number of fused-ring (bicyclic) bond motifs is 1. The summed E-state index contributed by atoms with van der Waals surface area (Å²) in [7, 11) is 1.63. The highest BCUT2D eigenvalue weighted by Gasteiger charge is 2.09. The number of nitrogen functional groups attached to an aromatic ring is 1. The summed E-state index contributed by atoms with van der Waals surface area (Å²) < 4.78 is 10.8. The maximum absolute atomic E-state index is 5.85. The molecule has 3 rings (SSSR count). The van der Waals surface area contributed by atoms with Crippen LogP contribution in [-0.2, 0) is 0 Å². The SMILES string of the molecule is COc1ccc(-c2nc3c(N)cccc3o2)cc1. The molecule has 0 aliphatic rings. The first-order valence-corrected chi connectivity index (χ1v) is 5.57. The van der Waals surface area contributed by atoms with Gasteiger partial charge in [-0.05, 0) is 36.4 Å². The highest BCUT2D eigenvalue weighted by Crippen LogP contribution is 2.28. The van der Waals surface area contributed by atoms with Gasteiger partial charge in [-0.3, -0.25) is 0 Å². The van der Waals surface area contributed by atoms with Gasteiger partial charge in [0.2, 0.25) is 5.89 Å². The Balaban J connectivity index is 2.10. The molecule has 0 amide bonds. The quantitative estimate of drug-likeness (QED) is 0.699. The Morgan fingerprint density at radius 2 is 1.89 bits per heavy atom. The molecular weight excluding hydrogens is 228 g/mol. The summed E-state index contributed by atoms with van der Waals surface area (Å²) in [6.07, 6.45) is 0. The predicted octanol–water partition coefficient (Wildman–Crippen LogP) is 3.09. The van der Waals surface area contributed by atoms with Gasteiger partial charge < -0.3 is 14.9 Å². The van der Waals surface area contributed by atoms with Crippen LogP contribution in [-0.4, -0.2) is 12.1 Å². The minimum atomic E-state index is 0.561. The van der Waals surface area contributed by atoms with Gasteiger partial charge in [0.05, 0.1) is 12.8 Å². The molecule has 0 aliphatic carbocycles. The maximum atomic E-state index is 5.85. The smallest absolute Gasteiger partial charge is 0.227 e. The number of hydrogen-bond donors (Lipinski definition) is 1. The zero-order valence-electron chi connectivity index (χ0n) is 9.88. The Hall–Kier alpha value is -2.49. The number of nitrogens with zero attached hydrogens (tertiary/aromatic N) is 1. The molecule has 2 N–H and O–H groups in total. The van der Waals surface area contributed by atoms with Crippen molar-refractivity contribution < 1.29 is 9.15 Å². The molecule has 1 heterocycles. The van der Waals surface area contributed by atoms with E-state index >= 15 is 0 Å². The molecule has 0 unspecified atom stereocenters. The van der Waals surface area contributed by atoms with E-state index in [0.29, 0.717) is 22.7 Å². The number of hydrogen-bond acceptors (Lipinski definition) is 4. The molecule has 0 saturated carbocycles. The molecule has 4 nitrogen and oxygen atoms in total. The van der Waals surface area contributed by atoms with Crippen molar-refractivity contribution in [2.24, 2.45) is 0 Å². The first-order valence-electron chi connectivity index (χ1n) is 5.57. The van der Waals surface area contributed by atoms with Gasteiger partial charge >= 0.3 is 0 Å². The van der Waals surface area contributed by atoms with Gasteiger partial charge in [0, 0.05) is 5.56 Å². The van der Waals surface area contributed by atoms with E-state index in [1.807, 2.05) is 42.5 Å². The fourth-order valence-corrected chi connectivity index (χ4v) is 1.83. The fourth-order valence-electron chi connectivity index (χ4n) is 1.83. The molecule has 4 heteroatoms. The predicted molar refractivity (Wildman–Crippen MR) is 70.4 cm³/mol. The number of ether oxygens (including phenoxy) is 1. The van der Waals surface area contributed by atoms with Crippen molar-refractivity contribution in [1.29, 1.82) is 0 Å². The molecule has 0 fully saturated rings. The van der Waals surface area contributed by atoms with Crippen LogP contribution in [0.1, 0.15) is 0 Å². The normalized spacial score (nSPS) is 10.7. The standard InChI is InChI=1S/C14H12N2O2/c1-17-10-7-5-9(6-8-10)14-16-13-11(15)3-2-4-12(13)18-14/h2-8H,15H2,1H3. The van der Waals surface area contributed by atoms with Crippen molar-refractivity contribution in [1.82, 2.24) is 4.98 Å². The lowest BCUT2D eigenvalue weighted by atomic mass is 10.2. The summed E-state index contributed by atoms with van der Waals surface area (Å²) in [4.78, 5) is 4.41. The van der Waals surface area contributed by atoms with Crippen molar-refractivity contribution in [3.63, 3.8) is 0 Å².